The fraction of sp³-hybridized carbons (Fsp3) is 0.211. The Balaban J connectivity index is 1.99. The van der Waals surface area contributed by atoms with E-state index in [4.69, 9.17) is 14.7 Å². The van der Waals surface area contributed by atoms with Crippen molar-refractivity contribution in [2.24, 2.45) is 0 Å². The molecule has 0 heterocycles. The topological polar surface area (TPSA) is 88.4 Å². The summed E-state index contributed by atoms with van der Waals surface area (Å²) < 4.78 is 10.5. The van der Waals surface area contributed by atoms with Crippen LogP contribution in [-0.2, 0) is 9.53 Å². The Morgan fingerprint density at radius 3 is 2.56 bits per heavy atom. The third-order valence-electron chi connectivity index (χ3n) is 3.31. The van der Waals surface area contributed by atoms with E-state index >= 15 is 0 Å². The van der Waals surface area contributed by atoms with Crippen LogP contribution in [0.4, 0.5) is 5.69 Å². The molecule has 0 bridgehead atoms. The Morgan fingerprint density at radius 1 is 1.20 bits per heavy atom. The van der Waals surface area contributed by atoms with Gasteiger partial charge in [0.25, 0.3) is 5.91 Å². The number of nitrogens with one attached hydrogen (secondary N) is 1. The van der Waals surface area contributed by atoms with Gasteiger partial charge in [-0.05, 0) is 56.3 Å². The highest BCUT2D eigenvalue weighted by Crippen LogP contribution is 2.16. The van der Waals surface area contributed by atoms with Crippen LogP contribution in [0.25, 0.3) is 0 Å². The number of benzene rings is 2. The lowest BCUT2D eigenvalue weighted by Crippen LogP contribution is -2.30. The molecule has 0 saturated carbocycles. The maximum absolute atomic E-state index is 12.2. The van der Waals surface area contributed by atoms with Crippen molar-refractivity contribution >= 4 is 17.6 Å². The predicted octanol–water partition coefficient (Wildman–Crippen LogP) is 3.14. The van der Waals surface area contributed by atoms with Gasteiger partial charge in [-0.25, -0.2) is 4.79 Å². The maximum Gasteiger partial charge on any atom is 0.338 e. The first-order valence-corrected chi connectivity index (χ1v) is 7.78. The zero-order chi connectivity index (χ0) is 18.2. The van der Waals surface area contributed by atoms with Gasteiger partial charge in [-0.1, -0.05) is 6.07 Å². The summed E-state index contributed by atoms with van der Waals surface area (Å²) in [5.41, 5.74) is 1.35. The zero-order valence-electron chi connectivity index (χ0n) is 14.0. The number of rotatable bonds is 6. The van der Waals surface area contributed by atoms with Crippen molar-refractivity contribution in [1.29, 1.82) is 5.26 Å². The molecule has 128 valence electrons. The van der Waals surface area contributed by atoms with Crippen LogP contribution in [0.3, 0.4) is 0 Å². The van der Waals surface area contributed by atoms with Gasteiger partial charge >= 0.3 is 5.97 Å². The van der Waals surface area contributed by atoms with Gasteiger partial charge in [0.2, 0.25) is 0 Å². The quantitative estimate of drug-likeness (QED) is 0.818. The molecule has 6 heteroatoms. The second kappa shape index (κ2) is 8.50. The molecule has 1 atom stereocenters. The molecule has 1 unspecified atom stereocenters. The molecule has 2 rings (SSSR count). The first kappa shape index (κ1) is 18.0. The lowest BCUT2D eigenvalue weighted by atomic mass is 10.2. The molecule has 25 heavy (non-hydrogen) atoms. The second-order valence-corrected chi connectivity index (χ2v) is 5.19. The van der Waals surface area contributed by atoms with Crippen LogP contribution < -0.4 is 10.1 Å². The van der Waals surface area contributed by atoms with E-state index in [0.717, 1.165) is 0 Å². The smallest absolute Gasteiger partial charge is 0.338 e. The molecule has 0 fully saturated rings. The average Bonchev–Trinajstić information content (AvgIpc) is 2.62. The minimum atomic E-state index is -0.751. The van der Waals surface area contributed by atoms with Gasteiger partial charge in [0, 0.05) is 5.69 Å². The standard InChI is InChI=1S/C19H18N2O4/c1-3-24-19(23)15-5-4-6-16(11-15)21-18(22)13(2)25-17-9-7-14(12-20)8-10-17/h4-11,13H,3H2,1-2H3,(H,21,22). The summed E-state index contributed by atoms with van der Waals surface area (Å²) in [6, 6.07) is 15.0. The fourth-order valence-electron chi connectivity index (χ4n) is 2.05. The number of ether oxygens (including phenoxy) is 2. The average molecular weight is 338 g/mol. The Bertz CT molecular complexity index is 794. The van der Waals surface area contributed by atoms with Gasteiger partial charge in [-0.15, -0.1) is 0 Å². The van der Waals surface area contributed by atoms with E-state index in [-0.39, 0.29) is 12.5 Å². The van der Waals surface area contributed by atoms with E-state index in [1.54, 1.807) is 62.4 Å². The van der Waals surface area contributed by atoms with Crippen molar-refractivity contribution in [2.45, 2.75) is 20.0 Å². The molecule has 1 amide bonds. The van der Waals surface area contributed by atoms with Crippen LogP contribution in [0.5, 0.6) is 5.75 Å². The SMILES string of the molecule is CCOC(=O)c1cccc(NC(=O)C(C)Oc2ccc(C#N)cc2)c1. The number of esters is 1. The highest BCUT2D eigenvalue weighted by Gasteiger charge is 2.16. The van der Waals surface area contributed by atoms with Crippen LogP contribution in [0, 0.1) is 11.3 Å². The molecular formula is C19H18N2O4. The Labute approximate surface area is 146 Å². The van der Waals surface area contributed by atoms with E-state index in [9.17, 15) is 9.59 Å². The summed E-state index contributed by atoms with van der Waals surface area (Å²) in [5, 5.41) is 11.5. The van der Waals surface area contributed by atoms with Crippen LogP contribution in [0.15, 0.2) is 48.5 Å². The predicted molar refractivity (Wildman–Crippen MR) is 92.3 cm³/mol. The van der Waals surface area contributed by atoms with Gasteiger partial charge in [0.1, 0.15) is 5.75 Å². The van der Waals surface area contributed by atoms with Gasteiger partial charge < -0.3 is 14.8 Å². The molecule has 6 nitrogen and oxygen atoms in total. The fourth-order valence-corrected chi connectivity index (χ4v) is 2.05. The maximum atomic E-state index is 12.2. The monoisotopic (exact) mass is 338 g/mol. The number of anilines is 1. The van der Waals surface area contributed by atoms with Crippen molar-refractivity contribution < 1.29 is 19.1 Å². The zero-order valence-corrected chi connectivity index (χ0v) is 14.0. The molecule has 0 aliphatic heterocycles. The first-order valence-electron chi connectivity index (χ1n) is 7.78. The van der Waals surface area contributed by atoms with Crippen LogP contribution in [-0.4, -0.2) is 24.6 Å². The van der Waals surface area contributed by atoms with Crippen molar-refractivity contribution in [1.82, 2.24) is 0 Å². The van der Waals surface area contributed by atoms with Gasteiger partial charge in [-0.2, -0.15) is 5.26 Å². The Morgan fingerprint density at radius 2 is 1.92 bits per heavy atom. The van der Waals surface area contributed by atoms with E-state index in [2.05, 4.69) is 5.32 Å². The first-order chi connectivity index (χ1) is 12.0. The molecular weight excluding hydrogens is 320 g/mol. The number of amides is 1. The number of nitriles is 1. The Kier molecular flexibility index (Phi) is 6.13. The van der Waals surface area contributed by atoms with Gasteiger partial charge in [-0.3, -0.25) is 4.79 Å². The highest BCUT2D eigenvalue weighted by molar-refractivity contribution is 5.96. The molecule has 2 aromatic carbocycles. The molecule has 1 N–H and O–H groups in total. The van der Waals surface area contributed by atoms with Crippen LogP contribution in [0.1, 0.15) is 29.8 Å². The summed E-state index contributed by atoms with van der Waals surface area (Å²) >= 11 is 0. The van der Waals surface area contributed by atoms with Crippen molar-refractivity contribution in [3.8, 4) is 11.8 Å². The third-order valence-corrected chi connectivity index (χ3v) is 3.31. The molecule has 0 aliphatic rings. The summed E-state index contributed by atoms with van der Waals surface area (Å²) in [6.45, 7) is 3.62. The number of carbonyl (C=O) groups is 2. The molecule has 0 spiro atoms. The number of hydrogen-bond acceptors (Lipinski definition) is 5. The van der Waals surface area contributed by atoms with E-state index in [0.29, 0.717) is 22.6 Å². The van der Waals surface area contributed by atoms with Gasteiger partial charge in [0.15, 0.2) is 6.10 Å². The van der Waals surface area contributed by atoms with E-state index in [1.165, 1.54) is 0 Å². The lowest BCUT2D eigenvalue weighted by Gasteiger charge is -2.15. The van der Waals surface area contributed by atoms with Crippen molar-refractivity contribution in [3.63, 3.8) is 0 Å². The molecule has 2 aromatic rings. The number of nitrogens with zero attached hydrogens (tertiary/aromatic N) is 1. The molecule has 0 saturated heterocycles. The summed E-state index contributed by atoms with van der Waals surface area (Å²) in [6.07, 6.45) is -0.751. The van der Waals surface area contributed by atoms with Crippen LogP contribution >= 0.6 is 0 Å². The van der Waals surface area contributed by atoms with Crippen LogP contribution in [0.2, 0.25) is 0 Å². The number of carbonyl (C=O) groups excluding carboxylic acids is 2. The largest absolute Gasteiger partial charge is 0.481 e. The summed E-state index contributed by atoms with van der Waals surface area (Å²) in [4.78, 5) is 24.0. The third kappa shape index (κ3) is 5.08. The lowest BCUT2D eigenvalue weighted by molar-refractivity contribution is -0.122. The molecule has 0 aliphatic carbocycles. The Hall–Kier alpha value is -3.33. The molecule has 0 aromatic heterocycles. The van der Waals surface area contributed by atoms with Gasteiger partial charge in [0.05, 0.1) is 23.8 Å². The summed E-state index contributed by atoms with van der Waals surface area (Å²) in [5.74, 6) is -0.312. The normalized spacial score (nSPS) is 11.1. The highest BCUT2D eigenvalue weighted by atomic mass is 16.5. The molecule has 0 radical (unpaired) electrons. The summed E-state index contributed by atoms with van der Waals surface area (Å²) in [7, 11) is 0. The second-order valence-electron chi connectivity index (χ2n) is 5.19. The van der Waals surface area contributed by atoms with E-state index < -0.39 is 12.1 Å². The van der Waals surface area contributed by atoms with Crippen molar-refractivity contribution in [3.05, 3.63) is 59.7 Å². The minimum Gasteiger partial charge on any atom is -0.481 e. The van der Waals surface area contributed by atoms with Crippen molar-refractivity contribution in [2.75, 3.05) is 11.9 Å². The number of hydrogen-bond donors (Lipinski definition) is 1. The minimum absolute atomic E-state index is 0.283. The van der Waals surface area contributed by atoms with E-state index in [1.807, 2.05) is 6.07 Å².